The molecule has 2 rings (SSSR count). The number of thiocarbonyl (C=S) groups is 1. The summed E-state index contributed by atoms with van der Waals surface area (Å²) in [6.45, 7) is 0. The number of carboxylic acids is 1. The second-order valence-corrected chi connectivity index (χ2v) is 7.95. The Labute approximate surface area is 191 Å². The average Bonchev–Trinajstić information content (AvgIpc) is 2.62. The van der Waals surface area contributed by atoms with E-state index in [2.05, 4.69) is 42.5 Å². The number of aromatic carboxylic acids is 1. The molecule has 3 N–H and O–H groups in total. The Kier molecular flexibility index (Phi) is 7.85. The first kappa shape index (κ1) is 22.9. The number of benzene rings is 2. The number of rotatable bonds is 5. The summed E-state index contributed by atoms with van der Waals surface area (Å²) >= 11 is 17.2. The number of nitro benzene ring substituents is 1. The van der Waals surface area contributed by atoms with Gasteiger partial charge < -0.3 is 10.4 Å². The predicted molar refractivity (Wildman–Crippen MR) is 120 cm³/mol. The molecule has 0 radical (unpaired) electrons. The van der Waals surface area contributed by atoms with E-state index in [0.717, 1.165) is 6.08 Å². The van der Waals surface area contributed by atoms with Crippen molar-refractivity contribution in [1.29, 1.82) is 0 Å². The summed E-state index contributed by atoms with van der Waals surface area (Å²) in [5, 5.41) is 25.1. The highest BCUT2D eigenvalue weighted by Crippen LogP contribution is 2.31. The van der Waals surface area contributed by atoms with Gasteiger partial charge in [0.2, 0.25) is 5.91 Å². The van der Waals surface area contributed by atoms with Gasteiger partial charge in [-0.25, -0.2) is 4.79 Å². The lowest BCUT2D eigenvalue weighted by Crippen LogP contribution is -2.33. The van der Waals surface area contributed by atoms with Gasteiger partial charge in [-0.05, 0) is 58.0 Å². The molecule has 0 aromatic heterocycles. The molecule has 0 fully saturated rings. The lowest BCUT2D eigenvalue weighted by atomic mass is 10.2. The van der Waals surface area contributed by atoms with Crippen molar-refractivity contribution >= 4 is 90.1 Å². The van der Waals surface area contributed by atoms with E-state index < -0.39 is 16.8 Å². The fourth-order valence-electron chi connectivity index (χ4n) is 2.11. The van der Waals surface area contributed by atoms with Crippen molar-refractivity contribution in [2.24, 2.45) is 0 Å². The van der Waals surface area contributed by atoms with Crippen LogP contribution in [0, 0.1) is 10.1 Å². The Morgan fingerprint density at radius 2 is 1.93 bits per heavy atom. The van der Waals surface area contributed by atoms with E-state index in [1.165, 1.54) is 30.3 Å². The highest BCUT2D eigenvalue weighted by molar-refractivity contribution is 9.11. The number of carbonyl (C=O) groups excluding carboxylic acids is 1. The zero-order valence-electron chi connectivity index (χ0n) is 14.1. The first-order valence-electron chi connectivity index (χ1n) is 7.55. The SMILES string of the molecule is O=C(C=Cc1ccc(Cl)c([N+](=O)[O-])c1)NC(=S)Nc1c(Br)cc(Br)cc1C(=O)O. The maximum atomic E-state index is 12.0. The first-order valence-corrected chi connectivity index (χ1v) is 9.92. The monoisotopic (exact) mass is 561 g/mol. The number of nitrogens with zero attached hydrogens (tertiary/aromatic N) is 1. The minimum Gasteiger partial charge on any atom is -0.478 e. The molecule has 0 aliphatic rings. The lowest BCUT2D eigenvalue weighted by molar-refractivity contribution is -0.384. The Bertz CT molecular complexity index is 1060. The molecule has 0 unspecified atom stereocenters. The van der Waals surface area contributed by atoms with E-state index >= 15 is 0 Å². The number of nitro groups is 1. The van der Waals surface area contributed by atoms with E-state index in [1.807, 2.05) is 0 Å². The van der Waals surface area contributed by atoms with Gasteiger partial charge in [-0.1, -0.05) is 33.6 Å². The molecular weight excluding hydrogens is 554 g/mol. The Morgan fingerprint density at radius 3 is 2.55 bits per heavy atom. The van der Waals surface area contributed by atoms with Crippen LogP contribution in [0.1, 0.15) is 15.9 Å². The largest absolute Gasteiger partial charge is 0.478 e. The van der Waals surface area contributed by atoms with Crippen molar-refractivity contribution < 1.29 is 19.6 Å². The fraction of sp³-hybridized carbons (Fsp3) is 0. The Hall–Kier alpha value is -2.34. The topological polar surface area (TPSA) is 122 Å². The third-order valence-electron chi connectivity index (χ3n) is 3.35. The van der Waals surface area contributed by atoms with Crippen LogP contribution in [0.3, 0.4) is 0 Å². The average molecular weight is 564 g/mol. The first-order chi connectivity index (χ1) is 13.6. The van der Waals surface area contributed by atoms with Gasteiger partial charge in [0.1, 0.15) is 5.02 Å². The third kappa shape index (κ3) is 6.32. The summed E-state index contributed by atoms with van der Waals surface area (Å²) in [5.74, 6) is -1.81. The van der Waals surface area contributed by atoms with Gasteiger partial charge in [0.15, 0.2) is 5.11 Å². The summed E-state index contributed by atoms with van der Waals surface area (Å²) in [5.41, 5.74) is 0.210. The van der Waals surface area contributed by atoms with E-state index in [-0.39, 0.29) is 27.1 Å². The maximum absolute atomic E-state index is 12.0. The quantitative estimate of drug-likeness (QED) is 0.203. The second kappa shape index (κ2) is 9.92. The highest BCUT2D eigenvalue weighted by atomic mass is 79.9. The number of carboxylic acid groups (broad SMARTS) is 1. The molecule has 0 bridgehead atoms. The third-order valence-corrected chi connectivity index (χ3v) is 4.96. The minimum absolute atomic E-state index is 0.0173. The van der Waals surface area contributed by atoms with Crippen LogP contribution in [-0.4, -0.2) is 27.0 Å². The number of hydrogen-bond acceptors (Lipinski definition) is 5. The Balaban J connectivity index is 2.10. The zero-order valence-corrected chi connectivity index (χ0v) is 18.9. The van der Waals surface area contributed by atoms with Crippen LogP contribution in [0.5, 0.6) is 0 Å². The molecule has 0 aliphatic carbocycles. The van der Waals surface area contributed by atoms with Gasteiger partial charge in [0.05, 0.1) is 16.2 Å². The number of amides is 1. The molecular formula is C17H10Br2ClN3O5S. The fourth-order valence-corrected chi connectivity index (χ4v) is 3.83. The normalized spacial score (nSPS) is 10.6. The lowest BCUT2D eigenvalue weighted by Gasteiger charge is -2.13. The molecule has 0 heterocycles. The van der Waals surface area contributed by atoms with Crippen molar-refractivity contribution in [3.05, 3.63) is 71.6 Å². The van der Waals surface area contributed by atoms with Crippen molar-refractivity contribution in [2.45, 2.75) is 0 Å². The van der Waals surface area contributed by atoms with Crippen LogP contribution < -0.4 is 10.6 Å². The van der Waals surface area contributed by atoms with E-state index in [1.54, 1.807) is 6.07 Å². The molecule has 1 amide bonds. The summed E-state index contributed by atoms with van der Waals surface area (Å²) in [6.07, 6.45) is 2.47. The number of anilines is 1. The van der Waals surface area contributed by atoms with E-state index in [0.29, 0.717) is 14.5 Å². The molecule has 2 aromatic rings. The Morgan fingerprint density at radius 1 is 1.24 bits per heavy atom. The van der Waals surface area contributed by atoms with Gasteiger partial charge in [-0.15, -0.1) is 0 Å². The molecule has 8 nitrogen and oxygen atoms in total. The molecule has 12 heteroatoms. The summed E-state index contributed by atoms with van der Waals surface area (Å²) in [4.78, 5) is 33.7. The molecule has 0 aliphatic heterocycles. The number of nitrogens with one attached hydrogen (secondary N) is 2. The van der Waals surface area contributed by atoms with Gasteiger partial charge >= 0.3 is 5.97 Å². The summed E-state index contributed by atoms with van der Waals surface area (Å²) in [6, 6.07) is 7.08. The van der Waals surface area contributed by atoms with Crippen molar-refractivity contribution in [3.63, 3.8) is 0 Å². The molecule has 0 saturated heterocycles. The molecule has 150 valence electrons. The highest BCUT2D eigenvalue weighted by Gasteiger charge is 2.16. The zero-order chi connectivity index (χ0) is 21.7. The maximum Gasteiger partial charge on any atom is 0.337 e. The molecule has 0 atom stereocenters. The van der Waals surface area contributed by atoms with Crippen LogP contribution >= 0.6 is 55.7 Å². The van der Waals surface area contributed by atoms with Gasteiger partial charge in [0, 0.05) is 21.1 Å². The molecule has 29 heavy (non-hydrogen) atoms. The van der Waals surface area contributed by atoms with Crippen LogP contribution in [0.2, 0.25) is 5.02 Å². The smallest absolute Gasteiger partial charge is 0.337 e. The van der Waals surface area contributed by atoms with Crippen molar-refractivity contribution in [2.75, 3.05) is 5.32 Å². The summed E-state index contributed by atoms with van der Waals surface area (Å²) in [7, 11) is 0. The van der Waals surface area contributed by atoms with Gasteiger partial charge in [-0.2, -0.15) is 0 Å². The number of halogens is 3. The van der Waals surface area contributed by atoms with Crippen LogP contribution in [0.15, 0.2) is 45.4 Å². The van der Waals surface area contributed by atoms with Crippen molar-refractivity contribution in [3.8, 4) is 0 Å². The second-order valence-electron chi connectivity index (χ2n) is 5.36. The van der Waals surface area contributed by atoms with Gasteiger partial charge in [0.25, 0.3) is 5.69 Å². The van der Waals surface area contributed by atoms with Crippen LogP contribution in [-0.2, 0) is 4.79 Å². The van der Waals surface area contributed by atoms with E-state index in [9.17, 15) is 24.8 Å². The van der Waals surface area contributed by atoms with Gasteiger partial charge in [-0.3, -0.25) is 20.2 Å². The van der Waals surface area contributed by atoms with Crippen molar-refractivity contribution in [1.82, 2.24) is 5.32 Å². The molecule has 0 saturated carbocycles. The number of hydrogen-bond donors (Lipinski definition) is 3. The standard InChI is InChI=1S/C17H10Br2ClN3O5S/c18-9-6-10(16(25)26)15(11(19)7-9)22-17(29)21-14(24)4-2-8-1-3-12(20)13(5-8)23(27)28/h1-7H,(H,25,26)(H2,21,22,24,29). The number of carbonyl (C=O) groups is 2. The predicted octanol–water partition coefficient (Wildman–Crippen LogP) is 5.00. The van der Waals surface area contributed by atoms with E-state index in [4.69, 9.17) is 23.8 Å². The molecule has 2 aromatic carbocycles. The van der Waals surface area contributed by atoms with Crippen LogP contribution in [0.4, 0.5) is 11.4 Å². The molecule has 0 spiro atoms. The summed E-state index contributed by atoms with van der Waals surface area (Å²) < 4.78 is 0.965. The minimum atomic E-state index is -1.19. The van der Waals surface area contributed by atoms with Crippen LogP contribution in [0.25, 0.3) is 6.08 Å².